The number of fused-ring (bicyclic) bond motifs is 1. The van der Waals surface area contributed by atoms with Gasteiger partial charge in [-0.1, -0.05) is 29.8 Å². The molecular weight excluding hydrogens is 236 g/mol. The first kappa shape index (κ1) is 13.6. The van der Waals surface area contributed by atoms with Gasteiger partial charge in [0.1, 0.15) is 0 Å². The van der Waals surface area contributed by atoms with Gasteiger partial charge in [0.2, 0.25) is 5.91 Å². The molecule has 0 saturated carbocycles. The molecular formula is C16H20N2O. The van der Waals surface area contributed by atoms with Gasteiger partial charge >= 0.3 is 0 Å². The second-order valence-corrected chi connectivity index (χ2v) is 4.84. The Hall–Kier alpha value is -1.87. The molecule has 0 bridgehead atoms. The fourth-order valence-corrected chi connectivity index (χ4v) is 2.10. The van der Waals surface area contributed by atoms with Crippen molar-refractivity contribution in [1.82, 2.24) is 5.32 Å². The lowest BCUT2D eigenvalue weighted by Gasteiger charge is -2.18. The zero-order valence-electron chi connectivity index (χ0n) is 11.7. The van der Waals surface area contributed by atoms with E-state index in [4.69, 9.17) is 0 Å². The number of nitrogens with one attached hydrogen (secondary N) is 1. The molecule has 2 aromatic rings. The van der Waals surface area contributed by atoms with E-state index < -0.39 is 0 Å². The topological polar surface area (TPSA) is 32.3 Å². The Balaban J connectivity index is 2.25. The van der Waals surface area contributed by atoms with Crippen LogP contribution in [0.25, 0.3) is 10.8 Å². The summed E-state index contributed by atoms with van der Waals surface area (Å²) in [7, 11) is 3.68. The standard InChI is InChI=1S/C16H20N2O/c1-12-4-5-14-11-15(7-6-13(14)10-12)18(3)16(19)8-9-17-2/h4-7,10-11,17H,8-9H2,1-3H3. The molecule has 0 saturated heterocycles. The van der Waals surface area contributed by atoms with Gasteiger partial charge in [0.05, 0.1) is 0 Å². The number of carbonyl (C=O) groups excluding carboxylic acids is 1. The quantitative estimate of drug-likeness (QED) is 0.912. The van der Waals surface area contributed by atoms with Gasteiger partial charge in [-0.05, 0) is 36.9 Å². The van der Waals surface area contributed by atoms with E-state index in [1.807, 2.05) is 20.2 Å². The van der Waals surface area contributed by atoms with Crippen molar-refractivity contribution in [2.75, 3.05) is 25.5 Å². The summed E-state index contributed by atoms with van der Waals surface area (Å²) in [5.41, 5.74) is 2.19. The molecule has 0 fully saturated rings. The highest BCUT2D eigenvalue weighted by Gasteiger charge is 2.10. The van der Waals surface area contributed by atoms with E-state index in [9.17, 15) is 4.79 Å². The van der Waals surface area contributed by atoms with Crippen LogP contribution in [0.2, 0.25) is 0 Å². The molecule has 0 unspecified atom stereocenters. The van der Waals surface area contributed by atoms with E-state index in [1.54, 1.807) is 4.90 Å². The molecule has 2 aromatic carbocycles. The van der Waals surface area contributed by atoms with Crippen molar-refractivity contribution in [3.8, 4) is 0 Å². The SMILES string of the molecule is CNCCC(=O)N(C)c1ccc2cc(C)ccc2c1. The Labute approximate surface area is 114 Å². The minimum absolute atomic E-state index is 0.126. The number of anilines is 1. The second-order valence-electron chi connectivity index (χ2n) is 4.84. The summed E-state index contributed by atoms with van der Waals surface area (Å²) < 4.78 is 0. The van der Waals surface area contributed by atoms with Gasteiger partial charge < -0.3 is 10.2 Å². The van der Waals surface area contributed by atoms with Gasteiger partial charge in [-0.2, -0.15) is 0 Å². The molecule has 2 rings (SSSR count). The predicted molar refractivity (Wildman–Crippen MR) is 80.6 cm³/mol. The predicted octanol–water partition coefficient (Wildman–Crippen LogP) is 2.72. The second kappa shape index (κ2) is 5.85. The maximum absolute atomic E-state index is 12.0. The number of aryl methyl sites for hydroxylation is 1. The number of rotatable bonds is 4. The van der Waals surface area contributed by atoms with Gasteiger partial charge in [-0.3, -0.25) is 4.79 Å². The van der Waals surface area contributed by atoms with Gasteiger partial charge in [-0.25, -0.2) is 0 Å². The third-order valence-electron chi connectivity index (χ3n) is 3.33. The van der Waals surface area contributed by atoms with Gasteiger partial charge in [-0.15, -0.1) is 0 Å². The third kappa shape index (κ3) is 3.12. The fourth-order valence-electron chi connectivity index (χ4n) is 2.10. The fraction of sp³-hybridized carbons (Fsp3) is 0.312. The van der Waals surface area contributed by atoms with E-state index in [2.05, 4.69) is 42.6 Å². The van der Waals surface area contributed by atoms with Gasteiger partial charge in [0, 0.05) is 25.7 Å². The zero-order chi connectivity index (χ0) is 13.8. The zero-order valence-corrected chi connectivity index (χ0v) is 11.7. The minimum atomic E-state index is 0.126. The molecule has 0 radical (unpaired) electrons. The Morgan fingerprint density at radius 2 is 1.84 bits per heavy atom. The lowest BCUT2D eigenvalue weighted by molar-refractivity contribution is -0.118. The number of hydrogen-bond acceptors (Lipinski definition) is 2. The molecule has 1 amide bonds. The molecule has 19 heavy (non-hydrogen) atoms. The largest absolute Gasteiger partial charge is 0.319 e. The molecule has 0 aromatic heterocycles. The Morgan fingerprint density at radius 3 is 2.58 bits per heavy atom. The summed E-state index contributed by atoms with van der Waals surface area (Å²) in [6, 6.07) is 12.5. The summed E-state index contributed by atoms with van der Waals surface area (Å²) in [6.45, 7) is 2.79. The molecule has 1 N–H and O–H groups in total. The van der Waals surface area contributed by atoms with Crippen LogP contribution < -0.4 is 10.2 Å². The van der Waals surface area contributed by atoms with Crippen molar-refractivity contribution < 1.29 is 4.79 Å². The normalized spacial score (nSPS) is 10.7. The van der Waals surface area contributed by atoms with Crippen LogP contribution in [0.4, 0.5) is 5.69 Å². The molecule has 0 heterocycles. The van der Waals surface area contributed by atoms with Crippen molar-refractivity contribution in [1.29, 1.82) is 0 Å². The van der Waals surface area contributed by atoms with Crippen LogP contribution in [0.5, 0.6) is 0 Å². The van der Waals surface area contributed by atoms with E-state index in [0.717, 1.165) is 11.1 Å². The van der Waals surface area contributed by atoms with Crippen molar-refractivity contribution in [2.45, 2.75) is 13.3 Å². The lowest BCUT2D eigenvalue weighted by Crippen LogP contribution is -2.28. The average Bonchev–Trinajstić information content (AvgIpc) is 2.43. The van der Waals surface area contributed by atoms with Gasteiger partial charge in [0.25, 0.3) is 0 Å². The first-order valence-corrected chi connectivity index (χ1v) is 6.53. The van der Waals surface area contributed by atoms with E-state index >= 15 is 0 Å². The smallest absolute Gasteiger partial charge is 0.227 e. The van der Waals surface area contributed by atoms with Crippen LogP contribution in [0.3, 0.4) is 0 Å². The number of nitrogens with zero attached hydrogens (tertiary/aromatic N) is 1. The van der Waals surface area contributed by atoms with Crippen LogP contribution in [-0.4, -0.2) is 26.5 Å². The monoisotopic (exact) mass is 256 g/mol. The van der Waals surface area contributed by atoms with Crippen LogP contribution in [0, 0.1) is 6.92 Å². The minimum Gasteiger partial charge on any atom is -0.319 e. The summed E-state index contributed by atoms with van der Waals surface area (Å²) >= 11 is 0. The van der Waals surface area contributed by atoms with Crippen LogP contribution in [-0.2, 0) is 4.79 Å². The Kier molecular flexibility index (Phi) is 4.17. The van der Waals surface area contributed by atoms with Crippen LogP contribution in [0.1, 0.15) is 12.0 Å². The van der Waals surface area contributed by atoms with Crippen molar-refractivity contribution in [3.63, 3.8) is 0 Å². The highest BCUT2D eigenvalue weighted by molar-refractivity contribution is 5.96. The summed E-state index contributed by atoms with van der Waals surface area (Å²) in [4.78, 5) is 13.7. The van der Waals surface area contributed by atoms with E-state index in [-0.39, 0.29) is 5.91 Å². The van der Waals surface area contributed by atoms with Crippen molar-refractivity contribution in [3.05, 3.63) is 42.0 Å². The molecule has 0 aliphatic heterocycles. The molecule has 0 atom stereocenters. The Bertz CT molecular complexity index is 592. The molecule has 0 spiro atoms. The van der Waals surface area contributed by atoms with Crippen molar-refractivity contribution in [2.24, 2.45) is 0 Å². The average molecular weight is 256 g/mol. The number of hydrogen-bond donors (Lipinski definition) is 1. The Morgan fingerprint density at radius 1 is 1.16 bits per heavy atom. The first-order chi connectivity index (χ1) is 9.11. The molecule has 100 valence electrons. The van der Waals surface area contributed by atoms with Crippen LogP contribution in [0.15, 0.2) is 36.4 Å². The number of benzene rings is 2. The summed E-state index contributed by atoms with van der Waals surface area (Å²) in [5, 5.41) is 5.36. The maximum Gasteiger partial charge on any atom is 0.227 e. The first-order valence-electron chi connectivity index (χ1n) is 6.53. The van der Waals surface area contributed by atoms with Crippen LogP contribution >= 0.6 is 0 Å². The van der Waals surface area contributed by atoms with E-state index in [1.165, 1.54) is 10.9 Å². The molecule has 0 aliphatic carbocycles. The lowest BCUT2D eigenvalue weighted by atomic mass is 10.1. The molecule has 3 heteroatoms. The number of carbonyl (C=O) groups is 1. The van der Waals surface area contributed by atoms with E-state index in [0.29, 0.717) is 13.0 Å². The number of amides is 1. The third-order valence-corrected chi connectivity index (χ3v) is 3.33. The van der Waals surface area contributed by atoms with Gasteiger partial charge in [0.15, 0.2) is 0 Å². The highest BCUT2D eigenvalue weighted by Crippen LogP contribution is 2.22. The summed E-state index contributed by atoms with van der Waals surface area (Å²) in [5.74, 6) is 0.126. The molecule has 0 aliphatic rings. The maximum atomic E-state index is 12.0. The molecule has 3 nitrogen and oxygen atoms in total. The van der Waals surface area contributed by atoms with Crippen molar-refractivity contribution >= 4 is 22.4 Å². The highest BCUT2D eigenvalue weighted by atomic mass is 16.2. The summed E-state index contributed by atoms with van der Waals surface area (Å²) in [6.07, 6.45) is 0.513.